The first-order valence-corrected chi connectivity index (χ1v) is 7.30. The highest BCUT2D eigenvalue weighted by Gasteiger charge is 2.27. The maximum absolute atomic E-state index is 5.99. The molecule has 0 radical (unpaired) electrons. The van der Waals surface area contributed by atoms with Gasteiger partial charge in [0.15, 0.2) is 5.96 Å². The van der Waals surface area contributed by atoms with E-state index >= 15 is 0 Å². The lowest BCUT2D eigenvalue weighted by atomic mass is 10.2. The van der Waals surface area contributed by atoms with Gasteiger partial charge in [-0.3, -0.25) is 0 Å². The molecule has 110 valence electrons. The van der Waals surface area contributed by atoms with Crippen LogP contribution in [0.15, 0.2) is 29.3 Å². The number of hydrogen-bond acceptors (Lipinski definition) is 2. The van der Waals surface area contributed by atoms with E-state index in [0.29, 0.717) is 24.5 Å². The Morgan fingerprint density at radius 2 is 2.20 bits per heavy atom. The molecular formula is C16H25N3O. The summed E-state index contributed by atoms with van der Waals surface area (Å²) in [4.78, 5) is 6.53. The molecule has 0 spiro atoms. The SMILES string of the molecule is CC(C)COc1cccc(CN=C(N)N(C)C2CC2)c1. The third-order valence-corrected chi connectivity index (χ3v) is 3.36. The molecule has 0 aromatic heterocycles. The van der Waals surface area contributed by atoms with Crippen LogP contribution in [0.5, 0.6) is 5.75 Å². The summed E-state index contributed by atoms with van der Waals surface area (Å²) in [5.41, 5.74) is 7.11. The topological polar surface area (TPSA) is 50.9 Å². The van der Waals surface area contributed by atoms with Crippen molar-refractivity contribution < 1.29 is 4.74 Å². The highest BCUT2D eigenvalue weighted by Crippen LogP contribution is 2.25. The maximum Gasteiger partial charge on any atom is 0.191 e. The molecule has 20 heavy (non-hydrogen) atoms. The van der Waals surface area contributed by atoms with Gasteiger partial charge < -0.3 is 15.4 Å². The second-order valence-electron chi connectivity index (χ2n) is 5.87. The van der Waals surface area contributed by atoms with Crippen molar-refractivity contribution in [3.05, 3.63) is 29.8 Å². The van der Waals surface area contributed by atoms with Gasteiger partial charge in [-0.05, 0) is 36.5 Å². The molecule has 0 saturated heterocycles. The lowest BCUT2D eigenvalue weighted by Gasteiger charge is -2.16. The van der Waals surface area contributed by atoms with E-state index in [1.165, 1.54) is 12.8 Å². The summed E-state index contributed by atoms with van der Waals surface area (Å²) in [7, 11) is 2.01. The molecule has 1 aliphatic rings. The monoisotopic (exact) mass is 275 g/mol. The minimum atomic E-state index is 0.527. The zero-order chi connectivity index (χ0) is 14.5. The van der Waals surface area contributed by atoms with Crippen LogP contribution in [-0.4, -0.2) is 30.6 Å². The molecule has 1 aromatic rings. The minimum absolute atomic E-state index is 0.527. The van der Waals surface area contributed by atoms with Gasteiger partial charge in [-0.15, -0.1) is 0 Å². The highest BCUT2D eigenvalue weighted by molar-refractivity contribution is 5.78. The fourth-order valence-corrected chi connectivity index (χ4v) is 1.93. The molecule has 0 heterocycles. The van der Waals surface area contributed by atoms with Crippen molar-refractivity contribution in [2.45, 2.75) is 39.3 Å². The van der Waals surface area contributed by atoms with Crippen LogP contribution >= 0.6 is 0 Å². The van der Waals surface area contributed by atoms with Gasteiger partial charge in [-0.25, -0.2) is 4.99 Å². The second kappa shape index (κ2) is 6.64. The first-order chi connectivity index (χ1) is 9.56. The van der Waals surface area contributed by atoms with E-state index in [1.807, 2.05) is 25.2 Å². The summed E-state index contributed by atoms with van der Waals surface area (Å²) >= 11 is 0. The van der Waals surface area contributed by atoms with Crippen molar-refractivity contribution in [1.82, 2.24) is 4.90 Å². The smallest absolute Gasteiger partial charge is 0.191 e. The Kier molecular flexibility index (Phi) is 4.88. The van der Waals surface area contributed by atoms with Crippen molar-refractivity contribution in [2.24, 2.45) is 16.6 Å². The van der Waals surface area contributed by atoms with Gasteiger partial charge in [0.1, 0.15) is 5.75 Å². The average molecular weight is 275 g/mol. The molecule has 1 saturated carbocycles. The van der Waals surface area contributed by atoms with Crippen molar-refractivity contribution in [1.29, 1.82) is 0 Å². The molecule has 0 amide bonds. The normalized spacial score (nSPS) is 15.5. The summed E-state index contributed by atoms with van der Waals surface area (Å²) in [6.45, 7) is 5.62. The lowest BCUT2D eigenvalue weighted by Crippen LogP contribution is -2.35. The average Bonchev–Trinajstić information content (AvgIpc) is 3.26. The maximum atomic E-state index is 5.99. The van der Waals surface area contributed by atoms with Gasteiger partial charge in [0, 0.05) is 13.1 Å². The third kappa shape index (κ3) is 4.44. The summed E-state index contributed by atoms with van der Waals surface area (Å²) in [6, 6.07) is 8.67. The van der Waals surface area contributed by atoms with Crippen LogP contribution in [0.25, 0.3) is 0 Å². The van der Waals surface area contributed by atoms with E-state index in [9.17, 15) is 0 Å². The van der Waals surface area contributed by atoms with Crippen molar-refractivity contribution in [3.63, 3.8) is 0 Å². The van der Waals surface area contributed by atoms with Gasteiger partial charge in [-0.2, -0.15) is 0 Å². The second-order valence-corrected chi connectivity index (χ2v) is 5.87. The van der Waals surface area contributed by atoms with E-state index in [0.717, 1.165) is 17.9 Å². The number of nitrogens with zero attached hydrogens (tertiary/aromatic N) is 2. The van der Waals surface area contributed by atoms with Gasteiger partial charge in [-0.1, -0.05) is 26.0 Å². The van der Waals surface area contributed by atoms with Crippen LogP contribution < -0.4 is 10.5 Å². The molecule has 1 aliphatic carbocycles. The summed E-state index contributed by atoms with van der Waals surface area (Å²) in [6.07, 6.45) is 2.45. The zero-order valence-electron chi connectivity index (χ0n) is 12.7. The molecule has 2 rings (SSSR count). The quantitative estimate of drug-likeness (QED) is 0.641. The number of rotatable bonds is 6. The van der Waals surface area contributed by atoms with Crippen LogP contribution in [0.3, 0.4) is 0 Å². The van der Waals surface area contributed by atoms with Crippen LogP contribution in [-0.2, 0) is 6.54 Å². The van der Waals surface area contributed by atoms with Gasteiger partial charge >= 0.3 is 0 Å². The standard InChI is InChI=1S/C16H25N3O/c1-12(2)11-20-15-6-4-5-13(9-15)10-18-16(17)19(3)14-7-8-14/h4-6,9,12,14H,7-8,10-11H2,1-3H3,(H2,17,18). The molecule has 1 aromatic carbocycles. The van der Waals surface area contributed by atoms with E-state index in [2.05, 4.69) is 29.8 Å². The van der Waals surface area contributed by atoms with Crippen LogP contribution in [0.2, 0.25) is 0 Å². The molecule has 2 N–H and O–H groups in total. The van der Waals surface area contributed by atoms with Crippen LogP contribution in [0.4, 0.5) is 0 Å². The number of ether oxygens (including phenoxy) is 1. The largest absolute Gasteiger partial charge is 0.493 e. The molecule has 0 unspecified atom stereocenters. The Morgan fingerprint density at radius 3 is 2.85 bits per heavy atom. The van der Waals surface area contributed by atoms with Crippen LogP contribution in [0.1, 0.15) is 32.3 Å². The van der Waals surface area contributed by atoms with Crippen molar-refractivity contribution in [3.8, 4) is 5.75 Å². The molecule has 4 nitrogen and oxygen atoms in total. The molecular weight excluding hydrogens is 250 g/mol. The van der Waals surface area contributed by atoms with Gasteiger partial charge in [0.2, 0.25) is 0 Å². The van der Waals surface area contributed by atoms with Gasteiger partial charge in [0.05, 0.1) is 13.2 Å². The first kappa shape index (κ1) is 14.7. The number of guanidine groups is 1. The number of benzene rings is 1. The molecule has 0 aliphatic heterocycles. The Bertz CT molecular complexity index is 467. The van der Waals surface area contributed by atoms with Crippen molar-refractivity contribution in [2.75, 3.05) is 13.7 Å². The van der Waals surface area contributed by atoms with Crippen molar-refractivity contribution >= 4 is 5.96 Å². The Labute approximate surface area is 121 Å². The Balaban J connectivity index is 1.91. The predicted octanol–water partition coefficient (Wildman–Crippen LogP) is 2.63. The van der Waals surface area contributed by atoms with Gasteiger partial charge in [0.25, 0.3) is 0 Å². The fraction of sp³-hybridized carbons (Fsp3) is 0.562. The molecule has 1 fully saturated rings. The third-order valence-electron chi connectivity index (χ3n) is 3.36. The summed E-state index contributed by atoms with van der Waals surface area (Å²) in [5, 5.41) is 0. The van der Waals surface area contributed by atoms with Crippen LogP contribution in [0, 0.1) is 5.92 Å². The lowest BCUT2D eigenvalue weighted by molar-refractivity contribution is 0.271. The predicted molar refractivity (Wildman–Crippen MR) is 82.9 cm³/mol. The van der Waals surface area contributed by atoms with E-state index in [-0.39, 0.29) is 0 Å². The molecule has 0 atom stereocenters. The number of aliphatic imine (C=N–C) groups is 1. The summed E-state index contributed by atoms with van der Waals surface area (Å²) < 4.78 is 5.72. The van der Waals surface area contributed by atoms with E-state index < -0.39 is 0 Å². The van der Waals surface area contributed by atoms with E-state index in [4.69, 9.17) is 10.5 Å². The molecule has 0 bridgehead atoms. The first-order valence-electron chi connectivity index (χ1n) is 7.30. The van der Waals surface area contributed by atoms with E-state index in [1.54, 1.807) is 0 Å². The Hall–Kier alpha value is -1.71. The summed E-state index contributed by atoms with van der Waals surface area (Å²) in [5.74, 6) is 2.06. The number of hydrogen-bond donors (Lipinski definition) is 1. The fourth-order valence-electron chi connectivity index (χ4n) is 1.93. The Morgan fingerprint density at radius 1 is 1.45 bits per heavy atom. The number of nitrogens with two attached hydrogens (primary N) is 1. The highest BCUT2D eigenvalue weighted by atomic mass is 16.5. The molecule has 4 heteroatoms. The minimum Gasteiger partial charge on any atom is -0.493 e. The zero-order valence-corrected chi connectivity index (χ0v) is 12.7.